The number of carbonyl (C=O) groups excluding carboxylic acids is 1. The van der Waals surface area contributed by atoms with Gasteiger partial charge in [0.25, 0.3) is 0 Å². The average molecular weight is 363 g/mol. The van der Waals surface area contributed by atoms with Crippen LogP contribution in [-0.4, -0.2) is 33.7 Å². The largest absolute Gasteiger partial charge is 0.449 e. The van der Waals surface area contributed by atoms with Crippen molar-refractivity contribution in [2.45, 2.75) is 39.8 Å². The first-order valence-corrected chi connectivity index (χ1v) is 9.58. The minimum Gasteiger partial charge on any atom is -0.449 e. The predicted octanol–water partition coefficient (Wildman–Crippen LogP) is 4.30. The summed E-state index contributed by atoms with van der Waals surface area (Å²) in [7, 11) is 0. The van der Waals surface area contributed by atoms with Crippen LogP contribution in [0, 0.1) is 6.92 Å². The van der Waals surface area contributed by atoms with E-state index in [1.165, 1.54) is 16.7 Å². The van der Waals surface area contributed by atoms with Gasteiger partial charge in [0.05, 0.1) is 12.1 Å². The van der Waals surface area contributed by atoms with Crippen LogP contribution in [0.25, 0.3) is 10.9 Å². The van der Waals surface area contributed by atoms with E-state index >= 15 is 0 Å². The van der Waals surface area contributed by atoms with Gasteiger partial charge in [0.2, 0.25) is 0 Å². The Balaban J connectivity index is 1.76. The molecule has 0 amide bonds. The van der Waals surface area contributed by atoms with Crippen molar-refractivity contribution in [3.63, 3.8) is 0 Å². The second-order valence-electron chi connectivity index (χ2n) is 7.16. The van der Waals surface area contributed by atoms with Crippen LogP contribution >= 0.6 is 0 Å². The molecule has 0 unspecified atom stereocenters. The van der Waals surface area contributed by atoms with E-state index in [2.05, 4.69) is 35.0 Å². The van der Waals surface area contributed by atoms with E-state index in [4.69, 9.17) is 4.74 Å². The van der Waals surface area contributed by atoms with Gasteiger partial charge in [-0.3, -0.25) is 9.88 Å². The van der Waals surface area contributed by atoms with Crippen LogP contribution in [-0.2, 0) is 24.2 Å². The Morgan fingerprint density at radius 3 is 2.96 bits per heavy atom. The Morgan fingerprint density at radius 1 is 1.30 bits per heavy atom. The first kappa shape index (κ1) is 17.7. The van der Waals surface area contributed by atoms with Crippen molar-refractivity contribution in [2.75, 3.05) is 13.2 Å². The van der Waals surface area contributed by atoms with Crippen LogP contribution in [0.2, 0.25) is 0 Å². The Morgan fingerprint density at radius 2 is 2.19 bits per heavy atom. The average Bonchev–Trinajstić information content (AvgIpc) is 2.81. The molecule has 0 N–H and O–H groups in total. The molecule has 5 heteroatoms. The zero-order valence-corrected chi connectivity index (χ0v) is 15.9. The van der Waals surface area contributed by atoms with E-state index in [9.17, 15) is 4.79 Å². The number of hydrogen-bond donors (Lipinski definition) is 0. The number of nitrogens with zero attached hydrogens (tertiary/aromatic N) is 3. The lowest BCUT2D eigenvalue weighted by molar-refractivity contribution is 0.154. The number of rotatable bonds is 3. The highest BCUT2D eigenvalue weighted by Crippen LogP contribution is 2.32. The van der Waals surface area contributed by atoms with Gasteiger partial charge >= 0.3 is 6.09 Å². The lowest BCUT2D eigenvalue weighted by Crippen LogP contribution is -2.22. The maximum atomic E-state index is 12.7. The lowest BCUT2D eigenvalue weighted by Gasteiger charge is -2.20. The lowest BCUT2D eigenvalue weighted by atomic mass is 10.1. The molecule has 0 bridgehead atoms. The number of aryl methyl sites for hydroxylation is 1. The number of ether oxygens (including phenoxy) is 1. The number of carbonyl (C=O) groups is 1. The SMILES string of the molecule is CCOC(=O)n1c2c(c3cc(C)ccc31)CN(Cc1cccnc1)CCC2. The molecule has 0 saturated carbocycles. The quantitative estimate of drug-likeness (QED) is 0.696. The van der Waals surface area contributed by atoms with Gasteiger partial charge in [-0.1, -0.05) is 17.7 Å². The van der Waals surface area contributed by atoms with Gasteiger partial charge in [0.1, 0.15) is 0 Å². The Hall–Kier alpha value is -2.66. The van der Waals surface area contributed by atoms with E-state index in [1.807, 2.05) is 25.3 Å². The van der Waals surface area contributed by atoms with Crippen LogP contribution in [0.3, 0.4) is 0 Å². The van der Waals surface area contributed by atoms with E-state index in [1.54, 1.807) is 10.8 Å². The smallest absolute Gasteiger partial charge is 0.418 e. The summed E-state index contributed by atoms with van der Waals surface area (Å²) in [6.45, 7) is 7.02. The standard InChI is InChI=1S/C22H25N3O2/c1-3-27-22(26)25-20-7-5-11-24(14-17-6-4-10-23-13-17)15-19(20)18-12-16(2)8-9-21(18)25/h4,6,8-10,12-13H,3,5,7,11,14-15H2,1-2H3. The van der Waals surface area contributed by atoms with Crippen molar-refractivity contribution in [3.8, 4) is 0 Å². The summed E-state index contributed by atoms with van der Waals surface area (Å²) in [6, 6.07) is 10.4. The second kappa shape index (κ2) is 7.53. The fraction of sp³-hybridized carbons (Fsp3) is 0.364. The van der Waals surface area contributed by atoms with E-state index in [0.29, 0.717) is 6.61 Å². The summed E-state index contributed by atoms with van der Waals surface area (Å²) in [4.78, 5) is 19.4. The molecule has 0 atom stereocenters. The number of aromatic nitrogens is 2. The fourth-order valence-electron chi connectivity index (χ4n) is 4.02. The topological polar surface area (TPSA) is 47.4 Å². The molecule has 0 spiro atoms. The number of hydrogen-bond acceptors (Lipinski definition) is 4. The summed E-state index contributed by atoms with van der Waals surface area (Å²) in [5.74, 6) is 0. The highest BCUT2D eigenvalue weighted by atomic mass is 16.5. The molecule has 1 aliphatic rings. The number of benzene rings is 1. The van der Waals surface area contributed by atoms with Crippen LogP contribution in [0.15, 0.2) is 42.7 Å². The fourth-order valence-corrected chi connectivity index (χ4v) is 4.02. The maximum Gasteiger partial charge on any atom is 0.418 e. The van der Waals surface area contributed by atoms with Gasteiger partial charge < -0.3 is 4.74 Å². The monoisotopic (exact) mass is 363 g/mol. The van der Waals surface area contributed by atoms with Crippen molar-refractivity contribution >= 4 is 17.0 Å². The summed E-state index contributed by atoms with van der Waals surface area (Å²) in [5.41, 5.74) is 5.72. The van der Waals surface area contributed by atoms with E-state index < -0.39 is 0 Å². The third kappa shape index (κ3) is 3.47. The van der Waals surface area contributed by atoms with Crippen molar-refractivity contribution in [3.05, 3.63) is 65.1 Å². The highest BCUT2D eigenvalue weighted by Gasteiger charge is 2.25. The number of fused-ring (bicyclic) bond motifs is 3. The Labute approximate surface area is 159 Å². The summed E-state index contributed by atoms with van der Waals surface area (Å²) < 4.78 is 7.15. The molecule has 0 radical (unpaired) electrons. The molecule has 140 valence electrons. The molecule has 3 heterocycles. The van der Waals surface area contributed by atoms with Crippen LogP contribution in [0.1, 0.15) is 35.7 Å². The van der Waals surface area contributed by atoms with Gasteiger partial charge in [-0.05, 0) is 62.6 Å². The minimum absolute atomic E-state index is 0.270. The molecule has 0 saturated heterocycles. The van der Waals surface area contributed by atoms with Crippen molar-refractivity contribution in [2.24, 2.45) is 0 Å². The zero-order valence-electron chi connectivity index (χ0n) is 15.9. The van der Waals surface area contributed by atoms with Crippen molar-refractivity contribution in [1.29, 1.82) is 0 Å². The number of pyridine rings is 1. The zero-order chi connectivity index (χ0) is 18.8. The molecule has 27 heavy (non-hydrogen) atoms. The second-order valence-corrected chi connectivity index (χ2v) is 7.16. The first-order chi connectivity index (χ1) is 13.2. The minimum atomic E-state index is -0.270. The Bertz CT molecular complexity index is 963. The molecule has 4 rings (SSSR count). The van der Waals surface area contributed by atoms with Crippen LogP contribution in [0.5, 0.6) is 0 Å². The molecular formula is C22H25N3O2. The molecule has 0 fully saturated rings. The van der Waals surface area contributed by atoms with E-state index in [0.717, 1.165) is 49.1 Å². The van der Waals surface area contributed by atoms with Crippen LogP contribution in [0.4, 0.5) is 4.79 Å². The normalized spacial score (nSPS) is 14.7. The maximum absolute atomic E-state index is 12.7. The molecule has 5 nitrogen and oxygen atoms in total. The molecule has 1 aromatic carbocycles. The molecule has 2 aromatic heterocycles. The van der Waals surface area contributed by atoms with Crippen molar-refractivity contribution in [1.82, 2.24) is 14.5 Å². The van der Waals surface area contributed by atoms with Crippen molar-refractivity contribution < 1.29 is 9.53 Å². The highest BCUT2D eigenvalue weighted by molar-refractivity contribution is 5.94. The van der Waals surface area contributed by atoms with Gasteiger partial charge in [0, 0.05) is 36.6 Å². The van der Waals surface area contributed by atoms with Gasteiger partial charge in [-0.25, -0.2) is 9.36 Å². The van der Waals surface area contributed by atoms with Gasteiger partial charge in [-0.15, -0.1) is 0 Å². The predicted molar refractivity (Wildman–Crippen MR) is 106 cm³/mol. The molecule has 1 aliphatic heterocycles. The third-order valence-electron chi connectivity index (χ3n) is 5.19. The first-order valence-electron chi connectivity index (χ1n) is 9.58. The van der Waals surface area contributed by atoms with Gasteiger partial charge in [-0.2, -0.15) is 0 Å². The molecule has 0 aliphatic carbocycles. The van der Waals surface area contributed by atoms with E-state index in [-0.39, 0.29) is 6.09 Å². The molecular weight excluding hydrogens is 338 g/mol. The Kier molecular flexibility index (Phi) is 4.94. The molecule has 3 aromatic rings. The van der Waals surface area contributed by atoms with Gasteiger partial charge in [0.15, 0.2) is 0 Å². The van der Waals surface area contributed by atoms with Crippen LogP contribution < -0.4 is 0 Å². The summed E-state index contributed by atoms with van der Waals surface area (Å²) in [6.07, 6.45) is 5.36. The third-order valence-corrected chi connectivity index (χ3v) is 5.19. The summed E-state index contributed by atoms with van der Waals surface area (Å²) >= 11 is 0. The summed E-state index contributed by atoms with van der Waals surface area (Å²) in [5, 5.41) is 1.16.